The van der Waals surface area contributed by atoms with Gasteiger partial charge in [-0.3, -0.25) is 4.99 Å². The van der Waals surface area contributed by atoms with Gasteiger partial charge in [0.1, 0.15) is 11.5 Å². The fourth-order valence-corrected chi connectivity index (χ4v) is 1.83. The minimum absolute atomic E-state index is 0.203. The zero-order valence-corrected chi connectivity index (χ0v) is 13.7. The third kappa shape index (κ3) is 5.58. The standard InChI is InChI=1S/C16H25F2NO2/c1-7-12-9-13(20-6)11(10-21-15(2,3)4)8-14(19-12)16(5,17)18/h8-9,12H,7,10H2,1-6H3. The molecule has 3 nitrogen and oxygen atoms in total. The summed E-state index contributed by atoms with van der Waals surface area (Å²) in [6.07, 6.45) is 3.79. The van der Waals surface area contributed by atoms with Crippen LogP contribution in [0.3, 0.4) is 0 Å². The lowest BCUT2D eigenvalue weighted by molar-refractivity contribution is 0.00991. The summed E-state index contributed by atoms with van der Waals surface area (Å²) in [4.78, 5) is 4.14. The van der Waals surface area contributed by atoms with Crippen molar-refractivity contribution in [2.24, 2.45) is 4.99 Å². The van der Waals surface area contributed by atoms with E-state index in [1.165, 1.54) is 13.2 Å². The summed E-state index contributed by atoms with van der Waals surface area (Å²) in [6.45, 7) is 8.71. The maximum absolute atomic E-state index is 13.7. The van der Waals surface area contributed by atoms with Crippen LogP contribution in [0.4, 0.5) is 8.78 Å². The Morgan fingerprint density at radius 3 is 2.29 bits per heavy atom. The molecule has 0 amide bonds. The zero-order chi connectivity index (χ0) is 16.3. The second-order valence-corrected chi connectivity index (χ2v) is 6.18. The lowest BCUT2D eigenvalue weighted by Crippen LogP contribution is -2.25. The molecule has 5 heteroatoms. The molecule has 0 aromatic carbocycles. The molecule has 0 saturated carbocycles. The molecule has 21 heavy (non-hydrogen) atoms. The van der Waals surface area contributed by atoms with E-state index in [9.17, 15) is 8.78 Å². The van der Waals surface area contributed by atoms with Gasteiger partial charge in [-0.1, -0.05) is 6.92 Å². The van der Waals surface area contributed by atoms with Gasteiger partial charge in [-0.15, -0.1) is 0 Å². The average molecular weight is 301 g/mol. The van der Waals surface area contributed by atoms with Crippen LogP contribution >= 0.6 is 0 Å². The number of hydrogen-bond acceptors (Lipinski definition) is 3. The van der Waals surface area contributed by atoms with Gasteiger partial charge in [0, 0.05) is 12.5 Å². The Hall–Kier alpha value is -1.23. The molecule has 1 aliphatic rings. The molecule has 0 fully saturated rings. The van der Waals surface area contributed by atoms with Crippen LogP contribution < -0.4 is 0 Å². The van der Waals surface area contributed by atoms with Gasteiger partial charge in [0.15, 0.2) is 0 Å². The van der Waals surface area contributed by atoms with Gasteiger partial charge in [0.25, 0.3) is 5.92 Å². The van der Waals surface area contributed by atoms with Gasteiger partial charge < -0.3 is 9.47 Å². The highest BCUT2D eigenvalue weighted by atomic mass is 19.3. The summed E-state index contributed by atoms with van der Waals surface area (Å²) in [6, 6.07) is -0.316. The van der Waals surface area contributed by atoms with E-state index in [-0.39, 0.29) is 24.0 Å². The first-order valence-corrected chi connectivity index (χ1v) is 7.13. The van der Waals surface area contributed by atoms with Crippen molar-refractivity contribution >= 4 is 5.71 Å². The van der Waals surface area contributed by atoms with E-state index in [1.807, 2.05) is 27.7 Å². The number of alkyl halides is 2. The molecule has 120 valence electrons. The van der Waals surface area contributed by atoms with Gasteiger partial charge in [0.2, 0.25) is 0 Å². The minimum atomic E-state index is -2.99. The van der Waals surface area contributed by atoms with Crippen LogP contribution in [0.2, 0.25) is 0 Å². The number of nitrogens with zero attached hydrogens (tertiary/aromatic N) is 1. The second-order valence-electron chi connectivity index (χ2n) is 6.18. The summed E-state index contributed by atoms with van der Waals surface area (Å²) in [7, 11) is 1.53. The average Bonchev–Trinajstić information content (AvgIpc) is 2.53. The molecule has 1 unspecified atom stereocenters. The van der Waals surface area contributed by atoms with Gasteiger partial charge in [-0.25, -0.2) is 0 Å². The molecule has 0 aliphatic carbocycles. The van der Waals surface area contributed by atoms with Gasteiger partial charge >= 0.3 is 0 Å². The van der Waals surface area contributed by atoms with Crippen LogP contribution in [-0.4, -0.2) is 37.0 Å². The Morgan fingerprint density at radius 1 is 1.24 bits per heavy atom. The molecule has 1 heterocycles. The first kappa shape index (κ1) is 17.8. The highest BCUT2D eigenvalue weighted by Crippen LogP contribution is 2.26. The first-order chi connectivity index (χ1) is 9.56. The predicted octanol–water partition coefficient (Wildman–Crippen LogP) is 4.15. The van der Waals surface area contributed by atoms with Crippen LogP contribution in [0.5, 0.6) is 0 Å². The molecule has 0 bridgehead atoms. The number of methoxy groups -OCH3 is 1. The third-order valence-corrected chi connectivity index (χ3v) is 3.02. The van der Waals surface area contributed by atoms with Gasteiger partial charge in [0.05, 0.1) is 25.4 Å². The second kappa shape index (κ2) is 6.69. The maximum Gasteiger partial charge on any atom is 0.286 e. The van der Waals surface area contributed by atoms with E-state index in [0.717, 1.165) is 6.92 Å². The summed E-state index contributed by atoms with van der Waals surface area (Å²) >= 11 is 0. The van der Waals surface area contributed by atoms with E-state index >= 15 is 0 Å². The fourth-order valence-electron chi connectivity index (χ4n) is 1.83. The van der Waals surface area contributed by atoms with Crippen LogP contribution in [-0.2, 0) is 9.47 Å². The normalized spacial score (nSPS) is 20.4. The molecule has 0 saturated heterocycles. The summed E-state index contributed by atoms with van der Waals surface area (Å²) in [5.41, 5.74) is -0.00356. The Kier molecular flexibility index (Phi) is 5.68. The highest BCUT2D eigenvalue weighted by molar-refractivity contribution is 6.01. The smallest absolute Gasteiger partial charge is 0.286 e. The molecule has 0 aromatic rings. The quantitative estimate of drug-likeness (QED) is 0.764. The summed E-state index contributed by atoms with van der Waals surface area (Å²) < 4.78 is 38.4. The van der Waals surface area contributed by atoms with Crippen molar-refractivity contribution in [2.45, 2.75) is 58.6 Å². The lowest BCUT2D eigenvalue weighted by Gasteiger charge is -2.21. The third-order valence-electron chi connectivity index (χ3n) is 3.02. The van der Waals surface area contributed by atoms with E-state index in [1.54, 1.807) is 6.08 Å². The number of allylic oxidation sites excluding steroid dienone is 1. The van der Waals surface area contributed by atoms with Crippen molar-refractivity contribution in [1.29, 1.82) is 0 Å². The molecule has 1 aliphatic heterocycles. The number of hydrogen-bond donors (Lipinski definition) is 0. The summed E-state index contributed by atoms with van der Waals surface area (Å²) in [5.74, 6) is -2.44. The Balaban J connectivity index is 3.15. The van der Waals surface area contributed by atoms with Gasteiger partial charge in [-0.2, -0.15) is 8.78 Å². The molecular formula is C16H25F2NO2. The Bertz CT molecular complexity index is 454. The fraction of sp³-hybridized carbons (Fsp3) is 0.688. The number of halogens is 2. The van der Waals surface area contributed by atoms with Crippen molar-refractivity contribution < 1.29 is 18.3 Å². The largest absolute Gasteiger partial charge is 0.497 e. The SMILES string of the molecule is CCC1C=C(OC)C(COC(C)(C)C)=CC(C(C)(F)F)=N1. The number of rotatable bonds is 5. The molecule has 0 aromatic heterocycles. The van der Waals surface area contributed by atoms with Crippen LogP contribution in [0.1, 0.15) is 41.0 Å². The van der Waals surface area contributed by atoms with Crippen molar-refractivity contribution in [3.8, 4) is 0 Å². The Labute approximate surface area is 125 Å². The van der Waals surface area contributed by atoms with E-state index in [0.29, 0.717) is 17.8 Å². The molecular weight excluding hydrogens is 276 g/mol. The highest BCUT2D eigenvalue weighted by Gasteiger charge is 2.31. The molecule has 1 rings (SSSR count). The van der Waals surface area contributed by atoms with Crippen molar-refractivity contribution in [1.82, 2.24) is 0 Å². The lowest BCUT2D eigenvalue weighted by atomic mass is 10.1. The van der Waals surface area contributed by atoms with Gasteiger partial charge in [-0.05, 0) is 39.3 Å². The molecule has 0 radical (unpaired) electrons. The zero-order valence-electron chi connectivity index (χ0n) is 13.7. The molecule has 0 N–H and O–H groups in total. The van der Waals surface area contributed by atoms with Crippen LogP contribution in [0, 0.1) is 0 Å². The maximum atomic E-state index is 13.7. The molecule has 1 atom stereocenters. The van der Waals surface area contributed by atoms with Crippen molar-refractivity contribution in [3.05, 3.63) is 23.5 Å². The van der Waals surface area contributed by atoms with Crippen molar-refractivity contribution in [2.75, 3.05) is 13.7 Å². The van der Waals surface area contributed by atoms with E-state index in [4.69, 9.17) is 9.47 Å². The number of aliphatic imine (C=N–C) groups is 1. The van der Waals surface area contributed by atoms with Crippen LogP contribution in [0.25, 0.3) is 0 Å². The monoisotopic (exact) mass is 301 g/mol. The predicted molar refractivity (Wildman–Crippen MR) is 81.0 cm³/mol. The Morgan fingerprint density at radius 2 is 1.86 bits per heavy atom. The molecule has 0 spiro atoms. The van der Waals surface area contributed by atoms with Crippen molar-refractivity contribution in [3.63, 3.8) is 0 Å². The van der Waals surface area contributed by atoms with E-state index in [2.05, 4.69) is 4.99 Å². The first-order valence-electron chi connectivity index (χ1n) is 7.13. The number of ether oxygens (including phenoxy) is 2. The summed E-state index contributed by atoms with van der Waals surface area (Å²) in [5, 5.41) is 0. The van der Waals surface area contributed by atoms with E-state index < -0.39 is 5.92 Å². The van der Waals surface area contributed by atoms with Crippen LogP contribution in [0.15, 0.2) is 28.5 Å². The topological polar surface area (TPSA) is 30.8 Å². The minimum Gasteiger partial charge on any atom is -0.497 e.